The topological polar surface area (TPSA) is 131 Å². The van der Waals surface area contributed by atoms with Crippen LogP contribution in [-0.2, 0) is 25.7 Å². The number of amides is 4. The molecule has 0 saturated heterocycles. The van der Waals surface area contributed by atoms with E-state index in [1.165, 1.54) is 0 Å². The normalized spacial score (nSPS) is 18.0. The summed E-state index contributed by atoms with van der Waals surface area (Å²) in [6, 6.07) is 16.4. The standard InChI is InChI=1S/C29H38N4O5/c1-19-17-23(19)33(27(36)22(15-16-24(30)34)32-28(37)38-29(2,3)4)25(21-13-9-6-10-14-21)26(35)31-18-20-11-7-5-8-12-20/h5-14,19,22-23,25H,15-18H2,1-4H3,(H2,30,34)(H,31,35)(H,32,37). The number of carbonyl (C=O) groups is 4. The Morgan fingerprint density at radius 1 is 1.03 bits per heavy atom. The molecule has 9 heteroatoms. The van der Waals surface area contributed by atoms with Crippen molar-refractivity contribution < 1.29 is 23.9 Å². The third kappa shape index (κ3) is 8.33. The minimum atomic E-state index is -1.10. The summed E-state index contributed by atoms with van der Waals surface area (Å²) in [7, 11) is 0. The number of nitrogens with two attached hydrogens (primary N) is 1. The Kier molecular flexibility index (Phi) is 9.50. The maximum absolute atomic E-state index is 14.1. The van der Waals surface area contributed by atoms with Crippen molar-refractivity contribution in [1.82, 2.24) is 15.5 Å². The average Bonchev–Trinajstić information content (AvgIpc) is 3.58. The molecule has 3 rings (SSSR count). The van der Waals surface area contributed by atoms with Crippen molar-refractivity contribution in [1.29, 1.82) is 0 Å². The van der Waals surface area contributed by atoms with Gasteiger partial charge in [-0.1, -0.05) is 67.6 Å². The van der Waals surface area contributed by atoms with Gasteiger partial charge in [0, 0.05) is 19.0 Å². The van der Waals surface area contributed by atoms with Crippen LogP contribution in [0.3, 0.4) is 0 Å². The van der Waals surface area contributed by atoms with Crippen molar-refractivity contribution in [3.8, 4) is 0 Å². The number of primary amides is 1. The van der Waals surface area contributed by atoms with Crippen molar-refractivity contribution in [2.75, 3.05) is 0 Å². The Morgan fingerprint density at radius 2 is 1.61 bits per heavy atom. The number of alkyl carbamates (subject to hydrolysis) is 1. The SMILES string of the molecule is CC1CC1N(C(=O)C(CCC(N)=O)NC(=O)OC(C)(C)C)C(C(=O)NCc1ccccc1)c1ccccc1. The van der Waals surface area contributed by atoms with Crippen LogP contribution in [0.1, 0.15) is 64.1 Å². The van der Waals surface area contributed by atoms with Gasteiger partial charge in [-0.3, -0.25) is 14.4 Å². The van der Waals surface area contributed by atoms with Crippen LogP contribution in [0.5, 0.6) is 0 Å². The molecule has 4 amide bonds. The molecule has 38 heavy (non-hydrogen) atoms. The molecule has 2 aromatic carbocycles. The minimum absolute atomic E-state index is 0.0157. The lowest BCUT2D eigenvalue weighted by Gasteiger charge is -2.35. The molecule has 9 nitrogen and oxygen atoms in total. The van der Waals surface area contributed by atoms with Crippen LogP contribution >= 0.6 is 0 Å². The zero-order valence-corrected chi connectivity index (χ0v) is 22.5. The van der Waals surface area contributed by atoms with E-state index < -0.39 is 35.6 Å². The highest BCUT2D eigenvalue weighted by Crippen LogP contribution is 2.41. The molecule has 0 bridgehead atoms. The first kappa shape index (κ1) is 28.7. The fourth-order valence-corrected chi connectivity index (χ4v) is 4.30. The summed E-state index contributed by atoms with van der Waals surface area (Å²) in [5.41, 5.74) is 6.16. The van der Waals surface area contributed by atoms with E-state index in [4.69, 9.17) is 10.5 Å². The number of nitrogens with zero attached hydrogens (tertiary/aromatic N) is 1. The molecule has 0 spiro atoms. The second-order valence-electron chi connectivity index (χ2n) is 10.7. The van der Waals surface area contributed by atoms with E-state index in [0.29, 0.717) is 12.1 Å². The fraction of sp³-hybridized carbons (Fsp3) is 0.448. The summed E-state index contributed by atoms with van der Waals surface area (Å²) in [6.45, 7) is 7.45. The van der Waals surface area contributed by atoms with E-state index in [2.05, 4.69) is 10.6 Å². The molecule has 4 unspecified atom stereocenters. The van der Waals surface area contributed by atoms with Crippen LogP contribution < -0.4 is 16.4 Å². The van der Waals surface area contributed by atoms with Crippen LogP contribution in [0.25, 0.3) is 0 Å². The summed E-state index contributed by atoms with van der Waals surface area (Å²) in [4.78, 5) is 53.6. The molecule has 2 aromatic rings. The lowest BCUT2D eigenvalue weighted by molar-refractivity contribution is -0.143. The molecular formula is C29H38N4O5. The Morgan fingerprint density at radius 3 is 2.13 bits per heavy atom. The van der Waals surface area contributed by atoms with Gasteiger partial charge in [0.2, 0.25) is 17.7 Å². The number of hydrogen-bond acceptors (Lipinski definition) is 5. The highest BCUT2D eigenvalue weighted by Gasteiger charge is 2.48. The van der Waals surface area contributed by atoms with Crippen LogP contribution in [0.4, 0.5) is 4.79 Å². The summed E-state index contributed by atoms with van der Waals surface area (Å²) >= 11 is 0. The van der Waals surface area contributed by atoms with E-state index in [9.17, 15) is 19.2 Å². The van der Waals surface area contributed by atoms with Gasteiger partial charge in [-0.15, -0.1) is 0 Å². The first-order valence-electron chi connectivity index (χ1n) is 12.9. The molecule has 0 aliphatic heterocycles. The summed E-state index contributed by atoms with van der Waals surface area (Å²) in [6.07, 6.45) is -0.195. The largest absolute Gasteiger partial charge is 0.444 e. The van der Waals surface area contributed by atoms with E-state index in [1.807, 2.05) is 55.5 Å². The van der Waals surface area contributed by atoms with E-state index in [-0.39, 0.29) is 30.7 Å². The fourth-order valence-electron chi connectivity index (χ4n) is 4.30. The van der Waals surface area contributed by atoms with Gasteiger partial charge in [0.25, 0.3) is 0 Å². The number of ether oxygens (including phenoxy) is 1. The van der Waals surface area contributed by atoms with Gasteiger partial charge in [0.1, 0.15) is 17.7 Å². The van der Waals surface area contributed by atoms with Crippen molar-refractivity contribution in [3.63, 3.8) is 0 Å². The molecule has 1 saturated carbocycles. The Hall–Kier alpha value is -3.88. The van der Waals surface area contributed by atoms with E-state index in [1.54, 1.807) is 37.8 Å². The third-order valence-corrected chi connectivity index (χ3v) is 6.30. The molecule has 4 atom stereocenters. The molecule has 1 fully saturated rings. The molecule has 1 aliphatic carbocycles. The molecule has 0 heterocycles. The second kappa shape index (κ2) is 12.6. The van der Waals surface area contributed by atoms with Gasteiger partial charge in [-0.05, 0) is 50.7 Å². The van der Waals surface area contributed by atoms with Gasteiger partial charge in [0.15, 0.2) is 0 Å². The van der Waals surface area contributed by atoms with Crippen molar-refractivity contribution >= 4 is 23.8 Å². The summed E-state index contributed by atoms with van der Waals surface area (Å²) in [5, 5.41) is 5.59. The predicted molar refractivity (Wildman–Crippen MR) is 143 cm³/mol. The zero-order chi connectivity index (χ0) is 27.9. The van der Waals surface area contributed by atoms with Gasteiger partial charge < -0.3 is 26.0 Å². The van der Waals surface area contributed by atoms with Crippen molar-refractivity contribution in [2.24, 2.45) is 11.7 Å². The summed E-state index contributed by atoms with van der Waals surface area (Å²) < 4.78 is 5.37. The average molecular weight is 523 g/mol. The Bertz CT molecular complexity index is 1120. The van der Waals surface area contributed by atoms with Crippen LogP contribution in [0, 0.1) is 5.92 Å². The lowest BCUT2D eigenvalue weighted by Crippen LogP contribution is -2.54. The number of benzene rings is 2. The smallest absolute Gasteiger partial charge is 0.408 e. The van der Waals surface area contributed by atoms with Crippen molar-refractivity contribution in [2.45, 2.75) is 77.2 Å². The van der Waals surface area contributed by atoms with E-state index >= 15 is 0 Å². The van der Waals surface area contributed by atoms with Crippen LogP contribution in [0.15, 0.2) is 60.7 Å². The third-order valence-electron chi connectivity index (χ3n) is 6.30. The van der Waals surface area contributed by atoms with Gasteiger partial charge in [-0.2, -0.15) is 0 Å². The predicted octanol–water partition coefficient (Wildman–Crippen LogP) is 3.44. The maximum atomic E-state index is 14.1. The zero-order valence-electron chi connectivity index (χ0n) is 22.5. The molecule has 0 radical (unpaired) electrons. The summed E-state index contributed by atoms with van der Waals surface area (Å²) in [5.74, 6) is -1.22. The highest BCUT2D eigenvalue weighted by molar-refractivity contribution is 5.93. The molecule has 4 N–H and O–H groups in total. The Balaban J connectivity index is 1.93. The van der Waals surface area contributed by atoms with Crippen LogP contribution in [0.2, 0.25) is 0 Å². The number of hydrogen-bond donors (Lipinski definition) is 3. The molecular weight excluding hydrogens is 484 g/mol. The monoisotopic (exact) mass is 522 g/mol. The van der Waals surface area contributed by atoms with E-state index in [0.717, 1.165) is 12.0 Å². The lowest BCUT2D eigenvalue weighted by atomic mass is 10.0. The first-order chi connectivity index (χ1) is 18.0. The van der Waals surface area contributed by atoms with Gasteiger partial charge in [-0.25, -0.2) is 4.79 Å². The maximum Gasteiger partial charge on any atom is 0.408 e. The minimum Gasteiger partial charge on any atom is -0.444 e. The molecule has 204 valence electrons. The quantitative estimate of drug-likeness (QED) is 0.416. The number of rotatable bonds is 11. The Labute approximate surface area is 224 Å². The first-order valence-corrected chi connectivity index (χ1v) is 12.9. The van der Waals surface area contributed by atoms with Gasteiger partial charge >= 0.3 is 6.09 Å². The van der Waals surface area contributed by atoms with Gasteiger partial charge in [0.05, 0.1) is 0 Å². The number of carbonyl (C=O) groups excluding carboxylic acids is 4. The second-order valence-corrected chi connectivity index (χ2v) is 10.7. The van der Waals surface area contributed by atoms with Crippen LogP contribution in [-0.4, -0.2) is 46.4 Å². The molecule has 0 aromatic heterocycles. The van der Waals surface area contributed by atoms with Crippen molar-refractivity contribution in [3.05, 3.63) is 71.8 Å². The molecule has 1 aliphatic rings. The highest BCUT2D eigenvalue weighted by atomic mass is 16.6. The number of nitrogens with one attached hydrogen (secondary N) is 2.